The molecule has 3 rings (SSSR count). The summed E-state index contributed by atoms with van der Waals surface area (Å²) < 4.78 is 0. The molecule has 0 atom stereocenters. The molecule has 0 aliphatic carbocycles. The lowest BCUT2D eigenvalue weighted by atomic mass is 10.1. The monoisotopic (exact) mass is 289 g/mol. The third-order valence-corrected chi connectivity index (χ3v) is 4.75. The first-order valence-corrected chi connectivity index (χ1v) is 7.75. The van der Waals surface area contributed by atoms with Crippen molar-refractivity contribution in [2.75, 3.05) is 16.9 Å². The fourth-order valence-electron chi connectivity index (χ4n) is 2.59. The number of aryl methyl sites for hydroxylation is 1. The molecule has 0 saturated carbocycles. The fraction of sp³-hybridized carbons (Fsp3) is 0.429. The van der Waals surface area contributed by atoms with Crippen molar-refractivity contribution in [1.29, 1.82) is 0 Å². The summed E-state index contributed by atoms with van der Waals surface area (Å²) in [6.07, 6.45) is 1.89. The van der Waals surface area contributed by atoms with Crippen molar-refractivity contribution in [3.8, 4) is 0 Å². The first-order chi connectivity index (χ1) is 9.72. The van der Waals surface area contributed by atoms with Crippen molar-refractivity contribution in [2.45, 2.75) is 33.2 Å². The minimum Gasteiger partial charge on any atom is -0.351 e. The summed E-state index contributed by atoms with van der Waals surface area (Å²) in [5, 5.41) is 2.17. The molecule has 1 aliphatic rings. The van der Waals surface area contributed by atoms with Gasteiger partial charge in [-0.15, -0.1) is 11.3 Å². The number of nitrogens with zero attached hydrogens (tertiary/aromatic N) is 3. The molecule has 3 heterocycles. The minimum absolute atomic E-state index is 0.725. The molecular weight excluding hydrogens is 270 g/mol. The summed E-state index contributed by atoms with van der Waals surface area (Å²) >= 11 is 1.85. The number of rotatable bonds is 3. The van der Waals surface area contributed by atoms with Crippen LogP contribution in [0, 0.1) is 6.92 Å². The van der Waals surface area contributed by atoms with Crippen molar-refractivity contribution in [3.63, 3.8) is 0 Å². The van der Waals surface area contributed by atoms with E-state index in [2.05, 4.69) is 33.7 Å². The van der Waals surface area contributed by atoms with Gasteiger partial charge in [0.15, 0.2) is 0 Å². The molecule has 0 unspecified atom stereocenters. The number of hydrogen-bond acceptors (Lipinski definition) is 6. The summed E-state index contributed by atoms with van der Waals surface area (Å²) in [6.45, 7) is 6.00. The summed E-state index contributed by atoms with van der Waals surface area (Å²) in [6, 6.07) is 2.21. The molecule has 106 valence electrons. The minimum atomic E-state index is 0.725. The Balaban J connectivity index is 1.98. The van der Waals surface area contributed by atoms with Crippen LogP contribution in [0.3, 0.4) is 0 Å². The first-order valence-electron chi connectivity index (χ1n) is 6.87. The van der Waals surface area contributed by atoms with E-state index >= 15 is 0 Å². The van der Waals surface area contributed by atoms with Crippen molar-refractivity contribution < 1.29 is 0 Å². The van der Waals surface area contributed by atoms with Crippen LogP contribution in [0.15, 0.2) is 11.4 Å². The van der Waals surface area contributed by atoms with E-state index < -0.39 is 0 Å². The number of nitrogen functional groups attached to an aromatic ring is 1. The normalized spacial score (nSPS) is 14.2. The van der Waals surface area contributed by atoms with Crippen LogP contribution in [0.2, 0.25) is 0 Å². The highest BCUT2D eigenvalue weighted by Crippen LogP contribution is 2.30. The molecule has 0 bridgehead atoms. The van der Waals surface area contributed by atoms with Crippen LogP contribution in [-0.4, -0.2) is 16.5 Å². The number of thiophene rings is 1. The quantitative estimate of drug-likeness (QED) is 0.670. The molecule has 5 nitrogen and oxygen atoms in total. The zero-order valence-electron chi connectivity index (χ0n) is 11.8. The van der Waals surface area contributed by atoms with Gasteiger partial charge in [-0.05, 0) is 30.4 Å². The number of nitrogens with one attached hydrogen (secondary N) is 1. The van der Waals surface area contributed by atoms with Gasteiger partial charge in [-0.1, -0.05) is 6.92 Å². The van der Waals surface area contributed by atoms with Gasteiger partial charge in [0.2, 0.25) is 0 Å². The van der Waals surface area contributed by atoms with Gasteiger partial charge < -0.3 is 10.3 Å². The van der Waals surface area contributed by atoms with Gasteiger partial charge in [-0.3, -0.25) is 0 Å². The summed E-state index contributed by atoms with van der Waals surface area (Å²) in [4.78, 5) is 13.0. The Morgan fingerprint density at radius 3 is 3.05 bits per heavy atom. The van der Waals surface area contributed by atoms with Gasteiger partial charge in [0.05, 0.1) is 0 Å². The maximum atomic E-state index is 5.58. The topological polar surface area (TPSA) is 67.1 Å². The van der Waals surface area contributed by atoms with Gasteiger partial charge in [0.25, 0.3) is 0 Å². The predicted octanol–water partition coefficient (Wildman–Crippen LogP) is 2.26. The summed E-state index contributed by atoms with van der Waals surface area (Å²) in [5.74, 6) is 8.13. The van der Waals surface area contributed by atoms with Crippen LogP contribution in [-0.2, 0) is 19.4 Å². The van der Waals surface area contributed by atoms with E-state index in [1.807, 2.05) is 18.3 Å². The number of hydrazine groups is 1. The average molecular weight is 289 g/mol. The van der Waals surface area contributed by atoms with Crippen LogP contribution >= 0.6 is 11.3 Å². The maximum absolute atomic E-state index is 5.58. The molecule has 6 heteroatoms. The maximum Gasteiger partial charge on any atom is 0.148 e. The number of fused-ring (bicyclic) bond motifs is 1. The van der Waals surface area contributed by atoms with Crippen molar-refractivity contribution >= 4 is 23.0 Å². The van der Waals surface area contributed by atoms with Crippen LogP contribution in [0.4, 0.5) is 11.6 Å². The molecular formula is C14H19N5S. The second kappa shape index (κ2) is 5.38. The lowest BCUT2D eigenvalue weighted by Crippen LogP contribution is -2.31. The first kappa shape index (κ1) is 13.3. The van der Waals surface area contributed by atoms with Crippen molar-refractivity contribution in [2.24, 2.45) is 5.84 Å². The van der Waals surface area contributed by atoms with Crippen LogP contribution in [0.25, 0.3) is 0 Å². The van der Waals surface area contributed by atoms with E-state index in [1.54, 1.807) is 0 Å². The SMILES string of the molecule is CCc1nc(NN)c(C)c(N2CCc3sccc3C2)n1. The molecule has 1 aliphatic heterocycles. The summed E-state index contributed by atoms with van der Waals surface area (Å²) in [5.41, 5.74) is 5.12. The number of nitrogens with two attached hydrogens (primary N) is 1. The lowest BCUT2D eigenvalue weighted by molar-refractivity contribution is 0.721. The van der Waals surface area contributed by atoms with E-state index in [-0.39, 0.29) is 0 Å². The Kier molecular flexibility index (Phi) is 3.58. The van der Waals surface area contributed by atoms with E-state index in [9.17, 15) is 0 Å². The zero-order chi connectivity index (χ0) is 14.1. The van der Waals surface area contributed by atoms with Gasteiger partial charge in [0, 0.05) is 30.0 Å². The average Bonchev–Trinajstić information content (AvgIpc) is 2.95. The van der Waals surface area contributed by atoms with E-state index in [0.29, 0.717) is 0 Å². The predicted molar refractivity (Wildman–Crippen MR) is 83.0 cm³/mol. The lowest BCUT2D eigenvalue weighted by Gasteiger charge is -2.29. The Morgan fingerprint density at radius 1 is 1.45 bits per heavy atom. The van der Waals surface area contributed by atoms with Gasteiger partial charge >= 0.3 is 0 Å². The van der Waals surface area contributed by atoms with E-state index in [0.717, 1.165) is 49.0 Å². The van der Waals surface area contributed by atoms with Crippen molar-refractivity contribution in [1.82, 2.24) is 9.97 Å². The summed E-state index contributed by atoms with van der Waals surface area (Å²) in [7, 11) is 0. The molecule has 20 heavy (non-hydrogen) atoms. The zero-order valence-corrected chi connectivity index (χ0v) is 12.6. The highest BCUT2D eigenvalue weighted by Gasteiger charge is 2.21. The molecule has 0 radical (unpaired) electrons. The Morgan fingerprint density at radius 2 is 2.30 bits per heavy atom. The molecule has 3 N–H and O–H groups in total. The van der Waals surface area contributed by atoms with Crippen LogP contribution in [0.1, 0.15) is 28.8 Å². The van der Waals surface area contributed by atoms with Gasteiger partial charge in [-0.25, -0.2) is 15.8 Å². The van der Waals surface area contributed by atoms with Gasteiger partial charge in [0.1, 0.15) is 17.5 Å². The number of anilines is 2. The van der Waals surface area contributed by atoms with E-state index in [1.165, 1.54) is 10.4 Å². The number of aromatic nitrogens is 2. The number of hydrogen-bond donors (Lipinski definition) is 2. The molecule has 0 amide bonds. The third-order valence-electron chi connectivity index (χ3n) is 3.73. The van der Waals surface area contributed by atoms with Crippen molar-refractivity contribution in [3.05, 3.63) is 33.3 Å². The Labute approximate surface area is 122 Å². The highest BCUT2D eigenvalue weighted by atomic mass is 32.1. The standard InChI is InChI=1S/C14H19N5S/c1-3-12-16-13(18-15)9(2)14(17-12)19-6-4-11-10(8-19)5-7-20-11/h5,7H,3-4,6,8,15H2,1-2H3,(H,16,17,18). The third kappa shape index (κ3) is 2.25. The van der Waals surface area contributed by atoms with Crippen LogP contribution in [0.5, 0.6) is 0 Å². The largest absolute Gasteiger partial charge is 0.351 e. The Hall–Kier alpha value is -1.66. The Bertz CT molecular complexity index is 622. The van der Waals surface area contributed by atoms with Crippen LogP contribution < -0.4 is 16.2 Å². The van der Waals surface area contributed by atoms with Gasteiger partial charge in [-0.2, -0.15) is 0 Å². The molecule has 0 aromatic carbocycles. The molecule has 2 aromatic heterocycles. The molecule has 0 saturated heterocycles. The molecule has 2 aromatic rings. The highest BCUT2D eigenvalue weighted by molar-refractivity contribution is 7.10. The second-order valence-electron chi connectivity index (χ2n) is 4.98. The molecule has 0 spiro atoms. The fourth-order valence-corrected chi connectivity index (χ4v) is 3.48. The second-order valence-corrected chi connectivity index (χ2v) is 5.98. The molecule has 0 fully saturated rings. The van der Waals surface area contributed by atoms with E-state index in [4.69, 9.17) is 10.8 Å². The smallest absolute Gasteiger partial charge is 0.148 e.